The summed E-state index contributed by atoms with van der Waals surface area (Å²) in [4.78, 5) is 14.7. The van der Waals surface area contributed by atoms with Crippen LogP contribution < -0.4 is 5.73 Å². The zero-order chi connectivity index (χ0) is 17.2. The number of furan rings is 1. The van der Waals surface area contributed by atoms with Gasteiger partial charge in [-0.3, -0.25) is 9.89 Å². The van der Waals surface area contributed by atoms with E-state index in [1.54, 1.807) is 18.4 Å². The largest absolute Gasteiger partial charge is 0.463 e. The number of hydrogen-bond acceptors (Lipinski definition) is 4. The lowest BCUT2D eigenvalue weighted by molar-refractivity contribution is 0.0780. The molecule has 0 bridgehead atoms. The molecule has 0 saturated carbocycles. The van der Waals surface area contributed by atoms with Crippen LogP contribution >= 0.6 is 0 Å². The molecule has 25 heavy (non-hydrogen) atoms. The molecular formula is C19H20N4O2. The summed E-state index contributed by atoms with van der Waals surface area (Å²) in [5, 5.41) is 7.02. The van der Waals surface area contributed by atoms with E-state index in [9.17, 15) is 4.79 Å². The van der Waals surface area contributed by atoms with Gasteiger partial charge in [-0.15, -0.1) is 0 Å². The zero-order valence-electron chi connectivity index (χ0n) is 13.8. The van der Waals surface area contributed by atoms with E-state index in [2.05, 4.69) is 22.3 Å². The van der Waals surface area contributed by atoms with E-state index in [4.69, 9.17) is 10.2 Å². The van der Waals surface area contributed by atoms with E-state index < -0.39 is 0 Å². The third kappa shape index (κ3) is 2.96. The van der Waals surface area contributed by atoms with Crippen molar-refractivity contribution in [2.75, 3.05) is 19.6 Å². The first-order valence-electron chi connectivity index (χ1n) is 8.40. The molecule has 0 radical (unpaired) electrons. The lowest BCUT2D eigenvalue weighted by Gasteiger charge is -2.16. The lowest BCUT2D eigenvalue weighted by Crippen LogP contribution is -2.30. The number of carbonyl (C=O) groups is 1. The fourth-order valence-corrected chi connectivity index (χ4v) is 3.51. The normalized spacial score (nSPS) is 20.1. The zero-order valence-corrected chi connectivity index (χ0v) is 13.8. The van der Waals surface area contributed by atoms with Crippen LogP contribution in [-0.4, -0.2) is 40.6 Å². The van der Waals surface area contributed by atoms with Gasteiger partial charge in [-0.2, -0.15) is 5.10 Å². The Kier molecular flexibility index (Phi) is 4.11. The summed E-state index contributed by atoms with van der Waals surface area (Å²) in [6.07, 6.45) is 1.59. The smallest absolute Gasteiger partial charge is 0.274 e. The number of nitrogens with one attached hydrogen (secondary N) is 1. The van der Waals surface area contributed by atoms with Gasteiger partial charge in [-0.25, -0.2) is 0 Å². The van der Waals surface area contributed by atoms with Crippen molar-refractivity contribution in [3.63, 3.8) is 0 Å². The third-order valence-corrected chi connectivity index (χ3v) is 4.84. The molecule has 3 N–H and O–H groups in total. The molecule has 0 spiro atoms. The Morgan fingerprint density at radius 3 is 2.80 bits per heavy atom. The number of aromatic amines is 1. The molecule has 1 aliphatic rings. The molecule has 2 aromatic heterocycles. The number of likely N-dealkylation sites (tertiary alicyclic amines) is 1. The molecule has 3 aromatic rings. The second kappa shape index (κ2) is 6.57. The minimum Gasteiger partial charge on any atom is -0.463 e. The van der Waals surface area contributed by atoms with Crippen LogP contribution in [0.25, 0.3) is 11.5 Å². The molecule has 4 rings (SSSR count). The highest BCUT2D eigenvalue weighted by Crippen LogP contribution is 2.32. The second-order valence-corrected chi connectivity index (χ2v) is 6.37. The van der Waals surface area contributed by atoms with Crippen LogP contribution in [0.2, 0.25) is 0 Å². The van der Waals surface area contributed by atoms with Gasteiger partial charge in [0.25, 0.3) is 5.91 Å². The Bertz CT molecular complexity index is 841. The Morgan fingerprint density at radius 2 is 2.08 bits per heavy atom. The maximum atomic E-state index is 12.8. The Balaban J connectivity index is 1.53. The van der Waals surface area contributed by atoms with Gasteiger partial charge in [0.05, 0.1) is 6.26 Å². The van der Waals surface area contributed by atoms with Crippen molar-refractivity contribution in [1.29, 1.82) is 0 Å². The Morgan fingerprint density at radius 1 is 1.24 bits per heavy atom. The van der Waals surface area contributed by atoms with Gasteiger partial charge in [0.2, 0.25) is 0 Å². The van der Waals surface area contributed by atoms with Crippen molar-refractivity contribution < 1.29 is 9.21 Å². The van der Waals surface area contributed by atoms with Gasteiger partial charge in [-0.05, 0) is 30.2 Å². The van der Waals surface area contributed by atoms with Crippen molar-refractivity contribution >= 4 is 5.91 Å². The molecule has 0 unspecified atom stereocenters. The van der Waals surface area contributed by atoms with E-state index in [-0.39, 0.29) is 17.7 Å². The van der Waals surface area contributed by atoms with Crippen LogP contribution in [0.5, 0.6) is 0 Å². The number of nitrogens with zero attached hydrogens (tertiary/aromatic N) is 2. The highest BCUT2D eigenvalue weighted by molar-refractivity contribution is 5.93. The maximum Gasteiger partial charge on any atom is 0.274 e. The Hall–Kier alpha value is -2.86. The first kappa shape index (κ1) is 15.7. The fourth-order valence-electron chi connectivity index (χ4n) is 3.51. The number of H-pyrrole nitrogens is 1. The summed E-state index contributed by atoms with van der Waals surface area (Å²) in [7, 11) is 0. The summed E-state index contributed by atoms with van der Waals surface area (Å²) < 4.78 is 5.33. The molecule has 128 valence electrons. The summed E-state index contributed by atoms with van der Waals surface area (Å²) in [6.45, 7) is 1.87. The predicted molar refractivity (Wildman–Crippen MR) is 93.9 cm³/mol. The predicted octanol–water partition coefficient (Wildman–Crippen LogP) is 2.48. The number of amides is 1. The van der Waals surface area contributed by atoms with Crippen molar-refractivity contribution in [2.24, 2.45) is 11.7 Å². The van der Waals surface area contributed by atoms with E-state index >= 15 is 0 Å². The van der Waals surface area contributed by atoms with Crippen LogP contribution in [0, 0.1) is 5.92 Å². The van der Waals surface area contributed by atoms with Crippen LogP contribution in [0.4, 0.5) is 0 Å². The number of nitrogens with two attached hydrogens (primary N) is 1. The molecule has 1 fully saturated rings. The molecule has 1 amide bonds. The standard InChI is InChI=1S/C19H20N4O2/c20-10-14-11-23(12-15(14)13-5-2-1-3-6-13)19(24)17-9-16(21-22-17)18-7-4-8-25-18/h1-9,14-15H,10-12,20H2,(H,21,22)/t14-,15+/m1/s1. The van der Waals surface area contributed by atoms with Crippen LogP contribution in [-0.2, 0) is 0 Å². The molecule has 2 atom stereocenters. The minimum atomic E-state index is -0.0778. The monoisotopic (exact) mass is 336 g/mol. The molecule has 6 nitrogen and oxygen atoms in total. The molecule has 6 heteroatoms. The van der Waals surface area contributed by atoms with Gasteiger partial charge in [0.15, 0.2) is 11.5 Å². The highest BCUT2D eigenvalue weighted by atomic mass is 16.3. The number of hydrogen-bond donors (Lipinski definition) is 2. The van der Waals surface area contributed by atoms with Crippen molar-refractivity contribution in [1.82, 2.24) is 15.1 Å². The van der Waals surface area contributed by atoms with Gasteiger partial charge in [0, 0.05) is 25.1 Å². The van der Waals surface area contributed by atoms with Crippen LogP contribution in [0.15, 0.2) is 59.2 Å². The first-order chi connectivity index (χ1) is 12.3. The second-order valence-electron chi connectivity index (χ2n) is 6.37. The quantitative estimate of drug-likeness (QED) is 0.766. The topological polar surface area (TPSA) is 88.1 Å². The maximum absolute atomic E-state index is 12.8. The fraction of sp³-hybridized carbons (Fsp3) is 0.263. The molecule has 1 aliphatic heterocycles. The van der Waals surface area contributed by atoms with Crippen LogP contribution in [0.1, 0.15) is 22.0 Å². The summed E-state index contributed by atoms with van der Waals surface area (Å²) in [6, 6.07) is 15.6. The minimum absolute atomic E-state index is 0.0778. The third-order valence-electron chi connectivity index (χ3n) is 4.84. The average molecular weight is 336 g/mol. The summed E-state index contributed by atoms with van der Waals surface area (Å²) in [5.74, 6) is 1.11. The Labute approximate surface area is 145 Å². The molecule has 1 saturated heterocycles. The van der Waals surface area contributed by atoms with E-state index in [1.807, 2.05) is 29.2 Å². The van der Waals surface area contributed by atoms with E-state index in [0.29, 0.717) is 36.8 Å². The highest BCUT2D eigenvalue weighted by Gasteiger charge is 2.36. The van der Waals surface area contributed by atoms with Gasteiger partial charge >= 0.3 is 0 Å². The summed E-state index contributed by atoms with van der Waals surface area (Å²) in [5.41, 5.74) is 8.28. The number of aromatic nitrogens is 2. The SMILES string of the molecule is NC[C@@H]1CN(C(=O)c2cc(-c3ccco3)[nH]n2)C[C@H]1c1ccccc1. The number of rotatable bonds is 4. The van der Waals surface area contributed by atoms with Gasteiger partial charge in [-0.1, -0.05) is 30.3 Å². The van der Waals surface area contributed by atoms with Gasteiger partial charge < -0.3 is 15.1 Å². The van der Waals surface area contributed by atoms with E-state index in [0.717, 1.165) is 0 Å². The number of benzene rings is 1. The van der Waals surface area contributed by atoms with Crippen molar-refractivity contribution in [3.8, 4) is 11.5 Å². The average Bonchev–Trinajstić information content (AvgIpc) is 3.41. The van der Waals surface area contributed by atoms with Crippen LogP contribution in [0.3, 0.4) is 0 Å². The first-order valence-corrected chi connectivity index (χ1v) is 8.40. The molecular weight excluding hydrogens is 316 g/mol. The van der Waals surface area contributed by atoms with Crippen molar-refractivity contribution in [2.45, 2.75) is 5.92 Å². The van der Waals surface area contributed by atoms with E-state index in [1.165, 1.54) is 5.56 Å². The molecule has 3 heterocycles. The van der Waals surface area contributed by atoms with Crippen molar-refractivity contribution in [3.05, 3.63) is 66.1 Å². The molecule has 0 aliphatic carbocycles. The number of carbonyl (C=O) groups excluding carboxylic acids is 1. The molecule has 1 aromatic carbocycles. The van der Waals surface area contributed by atoms with Gasteiger partial charge in [0.1, 0.15) is 5.69 Å². The lowest BCUT2D eigenvalue weighted by atomic mass is 9.89. The summed E-state index contributed by atoms with van der Waals surface area (Å²) >= 11 is 0.